The molecule has 15 heavy (non-hydrogen) atoms. The van der Waals surface area contributed by atoms with Crippen LogP contribution in [0.25, 0.3) is 0 Å². The molecular formula is C9H13O5P. The van der Waals surface area contributed by atoms with Crippen LogP contribution >= 0.6 is 7.60 Å². The van der Waals surface area contributed by atoms with Crippen LogP contribution in [0.1, 0.15) is 16.7 Å². The Morgan fingerprint density at radius 1 is 0.867 bits per heavy atom. The summed E-state index contributed by atoms with van der Waals surface area (Å²) in [6.07, 6.45) is 0. The summed E-state index contributed by atoms with van der Waals surface area (Å²) < 4.78 is 11.1. The first-order valence-electron chi connectivity index (χ1n) is 4.25. The van der Waals surface area contributed by atoms with E-state index in [1.807, 2.05) is 0 Å². The van der Waals surface area contributed by atoms with Gasteiger partial charge < -0.3 is 20.0 Å². The highest BCUT2D eigenvalue weighted by atomic mass is 31.2. The van der Waals surface area contributed by atoms with E-state index >= 15 is 0 Å². The highest BCUT2D eigenvalue weighted by molar-refractivity contribution is 7.60. The number of phenols is 2. The minimum absolute atomic E-state index is 0.0175. The van der Waals surface area contributed by atoms with Gasteiger partial charge in [0.1, 0.15) is 16.8 Å². The first-order valence-corrected chi connectivity index (χ1v) is 5.87. The summed E-state index contributed by atoms with van der Waals surface area (Å²) in [6.45, 7) is 4.42. The van der Waals surface area contributed by atoms with Crippen molar-refractivity contribution in [1.82, 2.24) is 0 Å². The summed E-state index contributed by atoms with van der Waals surface area (Å²) in [5, 5.41) is 18.7. The lowest BCUT2D eigenvalue weighted by atomic mass is 10.0. The largest absolute Gasteiger partial charge is 0.507 e. The molecule has 1 aromatic rings. The van der Waals surface area contributed by atoms with Crippen molar-refractivity contribution in [2.75, 3.05) is 0 Å². The minimum Gasteiger partial charge on any atom is -0.507 e. The van der Waals surface area contributed by atoms with Gasteiger partial charge in [-0.05, 0) is 31.9 Å². The molecule has 0 aliphatic rings. The molecule has 0 fully saturated rings. The standard InChI is InChI=1S/C9H13O5P/c1-4-5(2)8(11)9(15(12,13)14)6(3)7(4)10/h10-11H,1-3H3,(H2,12,13,14). The Morgan fingerprint density at radius 2 is 1.27 bits per heavy atom. The summed E-state index contributed by atoms with van der Waals surface area (Å²) in [7, 11) is -4.58. The van der Waals surface area contributed by atoms with Crippen molar-refractivity contribution in [1.29, 1.82) is 0 Å². The summed E-state index contributed by atoms with van der Waals surface area (Å²) >= 11 is 0. The minimum atomic E-state index is -4.58. The molecule has 0 aliphatic heterocycles. The molecule has 84 valence electrons. The number of benzene rings is 1. The maximum Gasteiger partial charge on any atom is 0.360 e. The summed E-state index contributed by atoms with van der Waals surface area (Å²) in [4.78, 5) is 18.1. The smallest absolute Gasteiger partial charge is 0.360 e. The van der Waals surface area contributed by atoms with E-state index in [0.29, 0.717) is 5.56 Å². The van der Waals surface area contributed by atoms with Gasteiger partial charge in [-0.1, -0.05) is 0 Å². The molecule has 6 heteroatoms. The highest BCUT2D eigenvalue weighted by Crippen LogP contribution is 2.43. The molecule has 0 amide bonds. The van der Waals surface area contributed by atoms with Crippen LogP contribution in [0, 0.1) is 20.8 Å². The van der Waals surface area contributed by atoms with E-state index in [4.69, 9.17) is 9.79 Å². The van der Waals surface area contributed by atoms with Crippen LogP contribution in [0.15, 0.2) is 0 Å². The lowest BCUT2D eigenvalue weighted by molar-refractivity contribution is 0.383. The molecule has 0 saturated carbocycles. The molecule has 0 spiro atoms. The average Bonchev–Trinajstić information content (AvgIpc) is 2.09. The Kier molecular flexibility index (Phi) is 2.83. The maximum atomic E-state index is 11.1. The molecule has 0 aliphatic carbocycles. The zero-order valence-corrected chi connectivity index (χ0v) is 9.54. The van der Waals surface area contributed by atoms with Gasteiger partial charge in [-0.25, -0.2) is 0 Å². The molecule has 4 N–H and O–H groups in total. The van der Waals surface area contributed by atoms with Crippen molar-refractivity contribution in [2.24, 2.45) is 0 Å². The van der Waals surface area contributed by atoms with E-state index < -0.39 is 18.6 Å². The average molecular weight is 232 g/mol. The van der Waals surface area contributed by atoms with Crippen molar-refractivity contribution in [3.05, 3.63) is 16.7 Å². The van der Waals surface area contributed by atoms with E-state index in [0.717, 1.165) is 0 Å². The molecule has 5 nitrogen and oxygen atoms in total. The molecule has 0 unspecified atom stereocenters. The normalized spacial score (nSPS) is 11.8. The van der Waals surface area contributed by atoms with Gasteiger partial charge in [0.15, 0.2) is 0 Å². The third-order valence-electron chi connectivity index (χ3n) is 2.50. The van der Waals surface area contributed by atoms with Gasteiger partial charge >= 0.3 is 7.60 Å². The van der Waals surface area contributed by atoms with Gasteiger partial charge in [0.2, 0.25) is 0 Å². The molecule has 0 saturated heterocycles. The quantitative estimate of drug-likeness (QED) is 0.424. The van der Waals surface area contributed by atoms with Crippen LogP contribution in [0.5, 0.6) is 11.5 Å². The van der Waals surface area contributed by atoms with Gasteiger partial charge in [-0.2, -0.15) is 0 Å². The second-order valence-electron chi connectivity index (χ2n) is 3.46. The number of hydrogen-bond donors (Lipinski definition) is 4. The van der Waals surface area contributed by atoms with Gasteiger partial charge in [-0.3, -0.25) is 4.57 Å². The SMILES string of the molecule is Cc1c(C)c(O)c(P(=O)(O)O)c(C)c1O. The monoisotopic (exact) mass is 232 g/mol. The molecular weight excluding hydrogens is 219 g/mol. The lowest BCUT2D eigenvalue weighted by Crippen LogP contribution is -2.11. The van der Waals surface area contributed by atoms with Crippen LogP contribution in [0.3, 0.4) is 0 Å². The van der Waals surface area contributed by atoms with Gasteiger partial charge in [0.25, 0.3) is 0 Å². The van der Waals surface area contributed by atoms with Crippen molar-refractivity contribution in [2.45, 2.75) is 20.8 Å². The topological polar surface area (TPSA) is 98.0 Å². The Labute approximate surface area is 87.2 Å². The number of rotatable bonds is 1. The fraction of sp³-hybridized carbons (Fsp3) is 0.333. The molecule has 0 heterocycles. The summed E-state index contributed by atoms with van der Waals surface area (Å²) in [5.74, 6) is -0.639. The van der Waals surface area contributed by atoms with Gasteiger partial charge in [0.05, 0.1) is 0 Å². The van der Waals surface area contributed by atoms with Crippen LogP contribution in [0.2, 0.25) is 0 Å². The van der Waals surface area contributed by atoms with Crippen LogP contribution in [-0.2, 0) is 4.57 Å². The first kappa shape index (κ1) is 12.0. The second kappa shape index (κ2) is 3.52. The number of phenolic OH excluding ortho intramolecular Hbond substituents is 2. The van der Waals surface area contributed by atoms with Crippen molar-refractivity contribution in [3.8, 4) is 11.5 Å². The zero-order chi connectivity index (χ0) is 12.0. The predicted molar refractivity (Wildman–Crippen MR) is 55.7 cm³/mol. The fourth-order valence-corrected chi connectivity index (χ4v) is 2.45. The lowest BCUT2D eigenvalue weighted by Gasteiger charge is -2.16. The van der Waals surface area contributed by atoms with Crippen LogP contribution < -0.4 is 5.30 Å². The van der Waals surface area contributed by atoms with E-state index in [1.54, 1.807) is 6.92 Å². The second-order valence-corrected chi connectivity index (χ2v) is 5.00. The Bertz CT molecular complexity index is 431. The highest BCUT2D eigenvalue weighted by Gasteiger charge is 2.28. The van der Waals surface area contributed by atoms with Crippen molar-refractivity contribution in [3.63, 3.8) is 0 Å². The van der Waals surface area contributed by atoms with Crippen molar-refractivity contribution >= 4 is 12.9 Å². The summed E-state index contributed by atoms with van der Waals surface area (Å²) in [5.41, 5.74) is 0.711. The number of hydrogen-bond acceptors (Lipinski definition) is 3. The fourth-order valence-electron chi connectivity index (χ4n) is 1.46. The van der Waals surface area contributed by atoms with E-state index in [1.165, 1.54) is 13.8 Å². The Hall–Kier alpha value is -1.03. The molecule has 0 atom stereocenters. The van der Waals surface area contributed by atoms with E-state index in [-0.39, 0.29) is 16.9 Å². The number of aromatic hydroxyl groups is 2. The third-order valence-corrected chi connectivity index (χ3v) is 3.63. The third kappa shape index (κ3) is 1.86. The van der Waals surface area contributed by atoms with Gasteiger partial charge in [-0.15, -0.1) is 0 Å². The molecule has 0 bridgehead atoms. The van der Waals surface area contributed by atoms with Crippen molar-refractivity contribution < 1.29 is 24.6 Å². The predicted octanol–water partition coefficient (Wildman–Crippen LogP) is 0.826. The van der Waals surface area contributed by atoms with Crippen LogP contribution in [0.4, 0.5) is 0 Å². The molecule has 1 rings (SSSR count). The van der Waals surface area contributed by atoms with Gasteiger partial charge in [0, 0.05) is 5.56 Å². The zero-order valence-electron chi connectivity index (χ0n) is 8.64. The molecule has 0 radical (unpaired) electrons. The molecule has 0 aromatic heterocycles. The summed E-state index contributed by atoms with van der Waals surface area (Å²) in [6, 6.07) is 0. The first-order chi connectivity index (χ1) is 6.68. The molecule has 1 aromatic carbocycles. The maximum absolute atomic E-state index is 11.1. The van der Waals surface area contributed by atoms with E-state index in [2.05, 4.69) is 0 Å². The Balaban J connectivity index is 3.76. The Morgan fingerprint density at radius 3 is 1.67 bits per heavy atom. The van der Waals surface area contributed by atoms with E-state index in [9.17, 15) is 14.8 Å². The van der Waals surface area contributed by atoms with Crippen LogP contribution in [-0.4, -0.2) is 20.0 Å².